The first kappa shape index (κ1) is 15.8. The second-order valence-electron chi connectivity index (χ2n) is 3.52. The van der Waals surface area contributed by atoms with E-state index in [2.05, 4.69) is 36.6 Å². The van der Waals surface area contributed by atoms with E-state index >= 15 is 0 Å². The van der Waals surface area contributed by atoms with E-state index in [-0.39, 0.29) is 0 Å². The minimum absolute atomic E-state index is 0.479. The van der Waals surface area contributed by atoms with Gasteiger partial charge in [-0.2, -0.15) is 17.4 Å². The number of nitrogens with zero attached hydrogens (tertiary/aromatic N) is 1. The summed E-state index contributed by atoms with van der Waals surface area (Å²) in [6, 6.07) is 0. The van der Waals surface area contributed by atoms with Gasteiger partial charge < -0.3 is 0 Å². The maximum absolute atomic E-state index is 11.9. The highest BCUT2D eigenvalue weighted by molar-refractivity contribution is 9.09. The largest absolute Gasteiger partial charge is 0.279 e. The fraction of sp³-hybridized carbons (Fsp3) is 1.00. The van der Waals surface area contributed by atoms with Gasteiger partial charge in [-0.1, -0.05) is 45.7 Å². The molecule has 0 radical (unpaired) electrons. The van der Waals surface area contributed by atoms with Gasteiger partial charge in [-0.15, -0.1) is 0 Å². The molecule has 92 valence electrons. The molecule has 1 N–H and O–H groups in total. The molecular weight excluding hydrogens is 348 g/mol. The standard InChI is InChI=1S/C8H18Br2N2O2S/c1-4-12(5-2)15(13,14)11-8(3,6-9)7-10/h11H,4-7H2,1-3H3. The zero-order chi connectivity index (χ0) is 12.1. The number of halogens is 2. The van der Waals surface area contributed by atoms with Crippen LogP contribution in [0.5, 0.6) is 0 Å². The Morgan fingerprint density at radius 2 is 1.60 bits per heavy atom. The third kappa shape index (κ3) is 4.68. The Hall–Kier alpha value is 0.830. The van der Waals surface area contributed by atoms with Gasteiger partial charge in [0.05, 0.1) is 5.54 Å². The van der Waals surface area contributed by atoms with Gasteiger partial charge in [0.25, 0.3) is 10.2 Å². The molecule has 0 saturated carbocycles. The molecule has 0 aliphatic carbocycles. The van der Waals surface area contributed by atoms with Crippen LogP contribution in [0, 0.1) is 0 Å². The molecule has 0 rings (SSSR count). The lowest BCUT2D eigenvalue weighted by Crippen LogP contribution is -2.54. The molecule has 0 aromatic heterocycles. The molecule has 0 spiro atoms. The fourth-order valence-corrected chi connectivity index (χ4v) is 4.19. The second kappa shape index (κ2) is 6.54. The van der Waals surface area contributed by atoms with Crippen molar-refractivity contribution >= 4 is 42.1 Å². The quantitative estimate of drug-likeness (QED) is 0.698. The van der Waals surface area contributed by atoms with Crippen LogP contribution in [-0.2, 0) is 10.2 Å². The molecule has 0 aromatic carbocycles. The van der Waals surface area contributed by atoms with E-state index in [4.69, 9.17) is 0 Å². The lowest BCUT2D eigenvalue weighted by Gasteiger charge is -2.29. The van der Waals surface area contributed by atoms with Crippen molar-refractivity contribution in [3.8, 4) is 0 Å². The van der Waals surface area contributed by atoms with Crippen molar-refractivity contribution in [2.45, 2.75) is 26.3 Å². The van der Waals surface area contributed by atoms with Gasteiger partial charge in [-0.3, -0.25) is 0 Å². The van der Waals surface area contributed by atoms with Crippen LogP contribution in [0.3, 0.4) is 0 Å². The number of hydrogen-bond acceptors (Lipinski definition) is 2. The van der Waals surface area contributed by atoms with E-state index in [1.807, 2.05) is 20.8 Å². The normalized spacial score (nSPS) is 13.5. The summed E-state index contributed by atoms with van der Waals surface area (Å²) in [5.41, 5.74) is -0.499. The van der Waals surface area contributed by atoms with Gasteiger partial charge in [0.1, 0.15) is 0 Å². The first-order valence-corrected chi connectivity index (χ1v) is 8.44. The maximum Gasteiger partial charge on any atom is 0.279 e. The van der Waals surface area contributed by atoms with Gasteiger partial charge in [0.15, 0.2) is 0 Å². The maximum atomic E-state index is 11.9. The number of nitrogens with one attached hydrogen (secondary N) is 1. The summed E-state index contributed by atoms with van der Waals surface area (Å²) >= 11 is 6.60. The zero-order valence-corrected chi connectivity index (χ0v) is 13.2. The van der Waals surface area contributed by atoms with E-state index in [1.54, 1.807) is 0 Å². The van der Waals surface area contributed by atoms with Crippen LogP contribution in [-0.4, -0.2) is 42.0 Å². The Balaban J connectivity index is 4.76. The lowest BCUT2D eigenvalue weighted by atomic mass is 10.1. The molecule has 0 heterocycles. The predicted molar refractivity (Wildman–Crippen MR) is 71.0 cm³/mol. The SMILES string of the molecule is CCN(CC)S(=O)(=O)NC(C)(CBr)CBr. The molecule has 0 aliphatic rings. The van der Waals surface area contributed by atoms with Crippen LogP contribution >= 0.6 is 31.9 Å². The van der Waals surface area contributed by atoms with E-state index in [0.717, 1.165) is 0 Å². The van der Waals surface area contributed by atoms with Gasteiger partial charge >= 0.3 is 0 Å². The highest BCUT2D eigenvalue weighted by Gasteiger charge is 2.30. The summed E-state index contributed by atoms with van der Waals surface area (Å²) in [5.74, 6) is 0. The van der Waals surface area contributed by atoms with Gasteiger partial charge in [-0.25, -0.2) is 0 Å². The molecule has 4 nitrogen and oxygen atoms in total. The van der Waals surface area contributed by atoms with Crippen molar-refractivity contribution < 1.29 is 8.42 Å². The summed E-state index contributed by atoms with van der Waals surface area (Å²) in [7, 11) is -3.38. The van der Waals surface area contributed by atoms with Crippen LogP contribution in [0.4, 0.5) is 0 Å². The van der Waals surface area contributed by atoms with Gasteiger partial charge in [0, 0.05) is 23.7 Å². The van der Waals surface area contributed by atoms with Crippen molar-refractivity contribution in [3.63, 3.8) is 0 Å². The predicted octanol–water partition coefficient (Wildman–Crippen LogP) is 1.71. The molecule has 0 amide bonds. The number of rotatable bonds is 7. The van der Waals surface area contributed by atoms with Crippen molar-refractivity contribution in [1.29, 1.82) is 0 Å². The summed E-state index contributed by atoms with van der Waals surface area (Å²) in [5, 5.41) is 1.12. The van der Waals surface area contributed by atoms with E-state index in [1.165, 1.54) is 4.31 Å². The summed E-state index contributed by atoms with van der Waals surface area (Å²) in [6.07, 6.45) is 0. The van der Waals surface area contributed by atoms with Crippen LogP contribution in [0.15, 0.2) is 0 Å². The molecule has 0 saturated heterocycles. The topological polar surface area (TPSA) is 49.4 Å². The summed E-state index contributed by atoms with van der Waals surface area (Å²) in [4.78, 5) is 0. The molecule has 0 aromatic rings. The van der Waals surface area contributed by atoms with E-state index < -0.39 is 15.7 Å². The van der Waals surface area contributed by atoms with E-state index in [0.29, 0.717) is 23.7 Å². The molecule has 0 fully saturated rings. The third-order valence-electron chi connectivity index (χ3n) is 2.01. The highest BCUT2D eigenvalue weighted by Crippen LogP contribution is 2.14. The molecule has 0 atom stereocenters. The average Bonchev–Trinajstić information content (AvgIpc) is 2.18. The highest BCUT2D eigenvalue weighted by atomic mass is 79.9. The van der Waals surface area contributed by atoms with Crippen LogP contribution in [0.2, 0.25) is 0 Å². The molecule has 0 bridgehead atoms. The van der Waals surface area contributed by atoms with E-state index in [9.17, 15) is 8.42 Å². The van der Waals surface area contributed by atoms with Crippen molar-refractivity contribution in [1.82, 2.24) is 9.03 Å². The molecule has 7 heteroatoms. The van der Waals surface area contributed by atoms with Crippen LogP contribution in [0.1, 0.15) is 20.8 Å². The molecule has 0 aliphatic heterocycles. The first-order valence-electron chi connectivity index (χ1n) is 4.76. The van der Waals surface area contributed by atoms with Gasteiger partial charge in [0.2, 0.25) is 0 Å². The Morgan fingerprint density at radius 3 is 1.87 bits per heavy atom. The summed E-state index contributed by atoms with van der Waals surface area (Å²) in [6.45, 7) is 6.45. The number of alkyl halides is 2. The third-order valence-corrected chi connectivity index (χ3v) is 6.43. The second-order valence-corrected chi connectivity index (χ2v) is 6.31. The first-order chi connectivity index (χ1) is 6.85. The zero-order valence-electron chi connectivity index (χ0n) is 9.26. The minimum atomic E-state index is -3.38. The van der Waals surface area contributed by atoms with Crippen molar-refractivity contribution in [3.05, 3.63) is 0 Å². The fourth-order valence-electron chi connectivity index (χ4n) is 1.03. The molecular formula is C8H18Br2N2O2S. The minimum Gasteiger partial charge on any atom is -0.195 e. The Labute approximate surface area is 109 Å². The number of hydrogen-bond donors (Lipinski definition) is 1. The lowest BCUT2D eigenvalue weighted by molar-refractivity contribution is 0.412. The monoisotopic (exact) mass is 364 g/mol. The van der Waals surface area contributed by atoms with Crippen LogP contribution in [0.25, 0.3) is 0 Å². The van der Waals surface area contributed by atoms with Crippen molar-refractivity contribution in [2.24, 2.45) is 0 Å². The molecule has 0 unspecified atom stereocenters. The Bertz CT molecular complexity index is 274. The van der Waals surface area contributed by atoms with Crippen molar-refractivity contribution in [2.75, 3.05) is 23.7 Å². The molecule has 15 heavy (non-hydrogen) atoms. The Kier molecular flexibility index (Phi) is 6.90. The van der Waals surface area contributed by atoms with Gasteiger partial charge in [-0.05, 0) is 6.92 Å². The smallest absolute Gasteiger partial charge is 0.195 e. The average molecular weight is 366 g/mol. The Morgan fingerprint density at radius 1 is 1.20 bits per heavy atom. The summed E-state index contributed by atoms with van der Waals surface area (Å²) < 4.78 is 27.9. The van der Waals surface area contributed by atoms with Crippen LogP contribution < -0.4 is 4.72 Å².